The first-order valence-electron chi connectivity index (χ1n) is 7.61. The third kappa shape index (κ3) is 1.72. The number of aryl methyl sites for hydroxylation is 1. The molecule has 0 spiro atoms. The zero-order valence-electron chi connectivity index (χ0n) is 13.4. The molecule has 1 aromatic heterocycles. The lowest BCUT2D eigenvalue weighted by atomic mass is 10.1. The van der Waals surface area contributed by atoms with Gasteiger partial charge < -0.3 is 9.80 Å². The van der Waals surface area contributed by atoms with Crippen LogP contribution in [-0.2, 0) is 0 Å². The fourth-order valence-electron chi connectivity index (χ4n) is 3.22. The minimum absolute atomic E-state index is 0.0464. The van der Waals surface area contributed by atoms with Crippen LogP contribution in [0.1, 0.15) is 19.4 Å². The van der Waals surface area contributed by atoms with Crippen LogP contribution in [0.4, 0.5) is 5.69 Å². The number of rotatable bonds is 1. The molecule has 0 unspecified atom stereocenters. The lowest BCUT2D eigenvalue weighted by Gasteiger charge is -2.39. The Morgan fingerprint density at radius 1 is 0.955 bits per heavy atom. The highest BCUT2D eigenvalue weighted by Crippen LogP contribution is 2.44. The van der Waals surface area contributed by atoms with Gasteiger partial charge in [0.2, 0.25) is 0 Å². The zero-order chi connectivity index (χ0) is 15.5. The molecular weight excluding hydrogens is 288 g/mol. The van der Waals surface area contributed by atoms with Gasteiger partial charge in [-0.05, 0) is 32.4 Å². The molecule has 0 saturated heterocycles. The standard InChI is InChI=1S/C19H20N2S/c1-13-9-10-15-14-7-5-6-8-16(14)22-18(15)17(13)21-12-11-20(4)19(21,2)3/h5-12H,1-4H3. The second kappa shape index (κ2) is 4.50. The second-order valence-electron chi connectivity index (χ2n) is 6.48. The third-order valence-corrected chi connectivity index (χ3v) is 6.05. The highest BCUT2D eigenvalue weighted by atomic mass is 32.1. The van der Waals surface area contributed by atoms with Crippen LogP contribution in [0.25, 0.3) is 20.2 Å². The third-order valence-electron chi connectivity index (χ3n) is 4.86. The van der Waals surface area contributed by atoms with Crippen molar-refractivity contribution in [2.75, 3.05) is 11.9 Å². The van der Waals surface area contributed by atoms with Crippen LogP contribution in [0.3, 0.4) is 0 Å². The Balaban J connectivity index is 2.05. The molecule has 2 nitrogen and oxygen atoms in total. The van der Waals surface area contributed by atoms with Crippen molar-refractivity contribution in [3.8, 4) is 0 Å². The van der Waals surface area contributed by atoms with Crippen molar-refractivity contribution < 1.29 is 0 Å². The summed E-state index contributed by atoms with van der Waals surface area (Å²) in [6.07, 6.45) is 4.36. The van der Waals surface area contributed by atoms with Crippen LogP contribution in [0.2, 0.25) is 0 Å². The summed E-state index contributed by atoms with van der Waals surface area (Å²) < 4.78 is 2.74. The number of hydrogen-bond acceptors (Lipinski definition) is 3. The van der Waals surface area contributed by atoms with Crippen LogP contribution < -0.4 is 4.90 Å². The van der Waals surface area contributed by atoms with Crippen LogP contribution in [0.5, 0.6) is 0 Å². The minimum atomic E-state index is -0.0464. The molecule has 112 valence electrons. The Labute approximate surface area is 135 Å². The highest BCUT2D eigenvalue weighted by molar-refractivity contribution is 7.26. The monoisotopic (exact) mass is 308 g/mol. The maximum atomic E-state index is 2.40. The SMILES string of the molecule is Cc1ccc2c(sc3ccccc32)c1N1C=CN(C)C1(C)C. The summed E-state index contributed by atoms with van der Waals surface area (Å²) in [5.74, 6) is 0. The Morgan fingerprint density at radius 2 is 1.73 bits per heavy atom. The van der Waals surface area contributed by atoms with E-state index >= 15 is 0 Å². The first-order valence-corrected chi connectivity index (χ1v) is 8.43. The van der Waals surface area contributed by atoms with Crippen LogP contribution >= 0.6 is 11.3 Å². The quantitative estimate of drug-likeness (QED) is 0.600. The number of thiophene rings is 1. The van der Waals surface area contributed by atoms with Crippen molar-refractivity contribution in [2.24, 2.45) is 0 Å². The number of fused-ring (bicyclic) bond motifs is 3. The van der Waals surface area contributed by atoms with E-state index < -0.39 is 0 Å². The van der Waals surface area contributed by atoms with Gasteiger partial charge in [0.1, 0.15) is 5.66 Å². The Kier molecular flexibility index (Phi) is 2.79. The van der Waals surface area contributed by atoms with E-state index in [9.17, 15) is 0 Å². The molecule has 0 atom stereocenters. The maximum absolute atomic E-state index is 2.40. The van der Waals surface area contributed by atoms with E-state index in [4.69, 9.17) is 0 Å². The molecule has 0 radical (unpaired) electrons. The predicted octanol–water partition coefficient (Wildman–Crippen LogP) is 5.32. The number of hydrogen-bond donors (Lipinski definition) is 0. The molecule has 3 heteroatoms. The normalized spacial score (nSPS) is 17.1. The summed E-state index contributed by atoms with van der Waals surface area (Å²) in [6.45, 7) is 6.73. The molecule has 1 aliphatic rings. The highest BCUT2D eigenvalue weighted by Gasteiger charge is 2.34. The second-order valence-corrected chi connectivity index (χ2v) is 7.53. The molecular formula is C19H20N2S. The largest absolute Gasteiger partial charge is 0.357 e. The maximum Gasteiger partial charge on any atom is 0.110 e. The molecule has 22 heavy (non-hydrogen) atoms. The molecule has 4 rings (SSSR count). The van der Waals surface area contributed by atoms with Gasteiger partial charge in [0.25, 0.3) is 0 Å². The van der Waals surface area contributed by atoms with E-state index in [1.54, 1.807) is 0 Å². The van der Waals surface area contributed by atoms with E-state index in [1.165, 1.54) is 31.4 Å². The Morgan fingerprint density at radius 3 is 2.45 bits per heavy atom. The van der Waals surface area contributed by atoms with Gasteiger partial charge in [0, 0.05) is 34.9 Å². The molecule has 1 aliphatic heterocycles. The Hall–Kier alpha value is -2.00. The summed E-state index contributed by atoms with van der Waals surface area (Å²) in [6, 6.07) is 13.2. The van der Waals surface area contributed by atoms with Crippen molar-refractivity contribution in [1.82, 2.24) is 4.90 Å². The van der Waals surface area contributed by atoms with Gasteiger partial charge in [-0.25, -0.2) is 0 Å². The lowest BCUT2D eigenvalue weighted by Crippen LogP contribution is -2.46. The number of nitrogens with zero attached hydrogens (tertiary/aromatic N) is 2. The van der Waals surface area contributed by atoms with E-state index in [2.05, 4.69) is 86.4 Å². The molecule has 2 heterocycles. The van der Waals surface area contributed by atoms with E-state index in [-0.39, 0.29) is 5.66 Å². The molecule has 0 N–H and O–H groups in total. The molecule has 0 bridgehead atoms. The van der Waals surface area contributed by atoms with Crippen LogP contribution in [0.15, 0.2) is 48.8 Å². The molecule has 2 aromatic carbocycles. The molecule has 0 saturated carbocycles. The first-order chi connectivity index (χ1) is 10.5. The van der Waals surface area contributed by atoms with Crippen LogP contribution in [0, 0.1) is 6.92 Å². The zero-order valence-corrected chi connectivity index (χ0v) is 14.2. The topological polar surface area (TPSA) is 6.48 Å². The van der Waals surface area contributed by atoms with Gasteiger partial charge >= 0.3 is 0 Å². The number of anilines is 1. The molecule has 0 amide bonds. The summed E-state index contributed by atoms with van der Waals surface area (Å²) in [5.41, 5.74) is 2.62. The van der Waals surface area contributed by atoms with E-state index in [0.29, 0.717) is 0 Å². The fourth-order valence-corrected chi connectivity index (χ4v) is 4.52. The van der Waals surface area contributed by atoms with Gasteiger partial charge in [-0.3, -0.25) is 0 Å². The lowest BCUT2D eigenvalue weighted by molar-refractivity contribution is 0.253. The van der Waals surface area contributed by atoms with E-state index in [1.807, 2.05) is 11.3 Å². The number of benzene rings is 2. The van der Waals surface area contributed by atoms with Crippen molar-refractivity contribution in [3.63, 3.8) is 0 Å². The predicted molar refractivity (Wildman–Crippen MR) is 97.5 cm³/mol. The van der Waals surface area contributed by atoms with E-state index in [0.717, 1.165) is 0 Å². The average Bonchev–Trinajstić information content (AvgIpc) is 2.98. The van der Waals surface area contributed by atoms with Crippen molar-refractivity contribution in [2.45, 2.75) is 26.4 Å². The van der Waals surface area contributed by atoms with Gasteiger partial charge in [-0.15, -0.1) is 11.3 Å². The fraction of sp³-hybridized carbons (Fsp3) is 0.263. The summed E-state index contributed by atoms with van der Waals surface area (Å²) in [4.78, 5) is 4.67. The van der Waals surface area contributed by atoms with Gasteiger partial charge in [0.15, 0.2) is 0 Å². The Bertz CT molecular complexity index is 904. The van der Waals surface area contributed by atoms with Crippen molar-refractivity contribution >= 4 is 37.2 Å². The van der Waals surface area contributed by atoms with Gasteiger partial charge in [-0.2, -0.15) is 0 Å². The summed E-state index contributed by atoms with van der Waals surface area (Å²) in [5, 5.41) is 2.72. The average molecular weight is 308 g/mol. The minimum Gasteiger partial charge on any atom is -0.357 e. The van der Waals surface area contributed by atoms with Gasteiger partial charge in [0.05, 0.1) is 10.4 Å². The van der Waals surface area contributed by atoms with Crippen LogP contribution in [-0.4, -0.2) is 17.6 Å². The van der Waals surface area contributed by atoms with Crippen molar-refractivity contribution in [1.29, 1.82) is 0 Å². The summed E-state index contributed by atoms with van der Waals surface area (Å²) in [7, 11) is 2.14. The summed E-state index contributed by atoms with van der Waals surface area (Å²) >= 11 is 1.90. The molecule has 0 aliphatic carbocycles. The smallest absolute Gasteiger partial charge is 0.110 e. The van der Waals surface area contributed by atoms with Crippen molar-refractivity contribution in [3.05, 3.63) is 54.4 Å². The van der Waals surface area contributed by atoms with Gasteiger partial charge in [-0.1, -0.05) is 30.3 Å². The molecule has 3 aromatic rings. The molecule has 0 fully saturated rings. The first kappa shape index (κ1) is 13.6.